The van der Waals surface area contributed by atoms with Crippen molar-refractivity contribution in [1.82, 2.24) is 29.8 Å². The molecule has 0 aliphatic rings. The average molecular weight is 384 g/mol. The van der Waals surface area contributed by atoms with Gasteiger partial charge < -0.3 is 9.84 Å². The number of nitrogens with one attached hydrogen (secondary N) is 1. The Morgan fingerprint density at radius 1 is 1.18 bits per heavy atom. The lowest BCUT2D eigenvalue weighted by molar-refractivity contribution is 0.0909. The van der Waals surface area contributed by atoms with Gasteiger partial charge in [0.05, 0.1) is 5.69 Å². The molecule has 2 heterocycles. The van der Waals surface area contributed by atoms with Crippen LogP contribution in [0, 0.1) is 0 Å². The van der Waals surface area contributed by atoms with Crippen molar-refractivity contribution in [2.45, 2.75) is 33.2 Å². The summed E-state index contributed by atoms with van der Waals surface area (Å²) in [7, 11) is 0. The highest BCUT2D eigenvalue weighted by Crippen LogP contribution is 2.10. The number of aromatic nitrogens is 5. The minimum absolute atomic E-state index is 0.141. The molecule has 0 fully saturated rings. The van der Waals surface area contributed by atoms with Crippen LogP contribution in [0.1, 0.15) is 37.4 Å². The smallest absolute Gasteiger partial charge is 0.348 e. The van der Waals surface area contributed by atoms with E-state index in [0.717, 1.165) is 22.1 Å². The summed E-state index contributed by atoms with van der Waals surface area (Å²) in [4.78, 5) is 41.3. The second-order valence-corrected chi connectivity index (χ2v) is 5.96. The fourth-order valence-electron chi connectivity index (χ4n) is 2.54. The summed E-state index contributed by atoms with van der Waals surface area (Å²) < 4.78 is 7.08. The zero-order valence-electron chi connectivity index (χ0n) is 15.6. The summed E-state index contributed by atoms with van der Waals surface area (Å²) in [6.07, 6.45) is 1.74. The average Bonchev–Trinajstić information content (AvgIpc) is 3.19. The van der Waals surface area contributed by atoms with Gasteiger partial charge >= 0.3 is 17.5 Å². The minimum atomic E-state index is -0.654. The van der Waals surface area contributed by atoms with E-state index in [1.165, 1.54) is 0 Å². The van der Waals surface area contributed by atoms with Gasteiger partial charge in [-0.3, -0.25) is 14.2 Å². The second kappa shape index (κ2) is 8.42. The van der Waals surface area contributed by atoms with E-state index in [1.807, 2.05) is 6.92 Å². The summed E-state index contributed by atoms with van der Waals surface area (Å²) in [5.41, 5.74) is -0.930. The topological polar surface area (TPSA) is 125 Å². The number of carbonyl (C=O) groups excluding carboxylic acids is 1. The van der Waals surface area contributed by atoms with Crippen LogP contribution in [-0.2, 0) is 6.54 Å². The maximum Gasteiger partial charge on any atom is 0.352 e. The second-order valence-electron chi connectivity index (χ2n) is 5.96. The molecule has 28 heavy (non-hydrogen) atoms. The maximum atomic E-state index is 12.7. The molecule has 0 atom stereocenters. The molecule has 3 rings (SSSR count). The van der Waals surface area contributed by atoms with Crippen molar-refractivity contribution in [2.75, 3.05) is 6.54 Å². The Kier molecular flexibility index (Phi) is 5.78. The molecule has 1 aromatic carbocycles. The highest BCUT2D eigenvalue weighted by Gasteiger charge is 2.22. The lowest BCUT2D eigenvalue weighted by Gasteiger charge is -2.09. The van der Waals surface area contributed by atoms with Crippen molar-refractivity contribution >= 4 is 5.91 Å². The van der Waals surface area contributed by atoms with Gasteiger partial charge in [0, 0.05) is 13.1 Å². The summed E-state index contributed by atoms with van der Waals surface area (Å²) in [5.74, 6) is -0.954. The highest BCUT2D eigenvalue weighted by atomic mass is 16.5. The Hall–Kier alpha value is -3.56. The Morgan fingerprint density at radius 3 is 2.61 bits per heavy atom. The summed E-state index contributed by atoms with van der Waals surface area (Å²) >= 11 is 0. The van der Waals surface area contributed by atoms with Gasteiger partial charge in [0.25, 0.3) is 5.56 Å². The van der Waals surface area contributed by atoms with Crippen molar-refractivity contribution < 1.29 is 9.32 Å². The molecule has 0 aliphatic heterocycles. The normalized spacial score (nSPS) is 10.8. The first-order chi connectivity index (χ1) is 13.6. The number of amides is 1. The fourth-order valence-corrected chi connectivity index (χ4v) is 2.54. The molecule has 3 aromatic rings. The Labute approximate surface area is 159 Å². The lowest BCUT2D eigenvalue weighted by Crippen LogP contribution is -2.41. The molecule has 0 radical (unpaired) electrons. The third-order valence-electron chi connectivity index (χ3n) is 4.02. The van der Waals surface area contributed by atoms with Crippen LogP contribution in [0.4, 0.5) is 0 Å². The SMILES string of the molecule is CCCCNC(=O)c1nc(-c2nn(-c3ccccc3)c(=O)n(CC)c2=O)no1. The third kappa shape index (κ3) is 3.75. The van der Waals surface area contributed by atoms with Crippen molar-refractivity contribution in [3.63, 3.8) is 0 Å². The van der Waals surface area contributed by atoms with Crippen LogP contribution >= 0.6 is 0 Å². The van der Waals surface area contributed by atoms with E-state index in [9.17, 15) is 14.4 Å². The molecule has 1 amide bonds. The molecular weight excluding hydrogens is 364 g/mol. The van der Waals surface area contributed by atoms with Crippen LogP contribution in [0.3, 0.4) is 0 Å². The van der Waals surface area contributed by atoms with Gasteiger partial charge in [0.15, 0.2) is 5.69 Å². The Balaban J connectivity index is 2.04. The predicted octanol–water partition coefficient (Wildman–Crippen LogP) is 0.994. The zero-order valence-corrected chi connectivity index (χ0v) is 15.6. The molecule has 0 bridgehead atoms. The van der Waals surface area contributed by atoms with Crippen molar-refractivity contribution in [3.05, 3.63) is 57.1 Å². The molecule has 10 heteroatoms. The van der Waals surface area contributed by atoms with Gasteiger partial charge in [-0.15, -0.1) is 0 Å². The van der Waals surface area contributed by atoms with Crippen molar-refractivity contribution in [3.8, 4) is 17.2 Å². The molecule has 1 N–H and O–H groups in total. The first-order valence-electron chi connectivity index (χ1n) is 8.98. The standard InChI is InChI=1S/C18H20N6O4/c1-3-5-11-19-15(25)16-20-14(22-28-16)13-17(26)23(4-2)18(27)24(21-13)12-9-7-6-8-10-12/h6-10H,3-5,11H2,1-2H3,(H,19,25). The minimum Gasteiger partial charge on any atom is -0.348 e. The predicted molar refractivity (Wildman–Crippen MR) is 100 cm³/mol. The first-order valence-corrected chi connectivity index (χ1v) is 8.98. The van der Waals surface area contributed by atoms with E-state index in [4.69, 9.17) is 4.52 Å². The number of carbonyl (C=O) groups is 1. The Bertz CT molecular complexity index is 1080. The number of hydrogen-bond acceptors (Lipinski definition) is 7. The summed E-state index contributed by atoms with van der Waals surface area (Å²) in [6, 6.07) is 8.67. The Morgan fingerprint density at radius 2 is 1.93 bits per heavy atom. The molecule has 10 nitrogen and oxygen atoms in total. The number of nitrogens with zero attached hydrogens (tertiary/aromatic N) is 5. The van der Waals surface area contributed by atoms with E-state index in [-0.39, 0.29) is 24.0 Å². The number of hydrogen-bond donors (Lipinski definition) is 1. The van der Waals surface area contributed by atoms with E-state index in [1.54, 1.807) is 37.3 Å². The molecule has 0 aliphatic carbocycles. The van der Waals surface area contributed by atoms with Crippen molar-refractivity contribution in [1.29, 1.82) is 0 Å². The molecular formula is C18H20N6O4. The quantitative estimate of drug-likeness (QED) is 0.602. The van der Waals surface area contributed by atoms with Gasteiger partial charge in [-0.1, -0.05) is 36.7 Å². The highest BCUT2D eigenvalue weighted by molar-refractivity contribution is 5.89. The van der Waals surface area contributed by atoms with Gasteiger partial charge in [-0.25, -0.2) is 4.79 Å². The van der Waals surface area contributed by atoms with E-state index in [2.05, 4.69) is 20.6 Å². The molecule has 0 saturated carbocycles. The van der Waals surface area contributed by atoms with Crippen LogP contribution in [0.25, 0.3) is 17.2 Å². The molecule has 146 valence electrons. The van der Waals surface area contributed by atoms with Crippen LogP contribution in [-0.4, -0.2) is 36.9 Å². The maximum absolute atomic E-state index is 12.7. The molecule has 2 aromatic heterocycles. The lowest BCUT2D eigenvalue weighted by atomic mass is 10.3. The summed E-state index contributed by atoms with van der Waals surface area (Å²) in [5, 5.41) is 10.5. The van der Waals surface area contributed by atoms with Crippen molar-refractivity contribution in [2.24, 2.45) is 0 Å². The van der Waals surface area contributed by atoms with Gasteiger partial charge in [0.2, 0.25) is 5.82 Å². The van der Waals surface area contributed by atoms with E-state index >= 15 is 0 Å². The van der Waals surface area contributed by atoms with Gasteiger partial charge in [-0.2, -0.15) is 14.8 Å². The molecule has 0 spiro atoms. The van der Waals surface area contributed by atoms with Gasteiger partial charge in [-0.05, 0) is 25.5 Å². The fraction of sp³-hybridized carbons (Fsp3) is 0.333. The number of unbranched alkanes of at least 4 members (excludes halogenated alkanes) is 1. The molecule has 0 unspecified atom stereocenters. The van der Waals surface area contributed by atoms with Crippen LogP contribution in [0.2, 0.25) is 0 Å². The summed E-state index contributed by atoms with van der Waals surface area (Å²) in [6.45, 7) is 4.29. The van der Waals surface area contributed by atoms with Crippen LogP contribution in [0.15, 0.2) is 44.4 Å². The largest absolute Gasteiger partial charge is 0.352 e. The monoisotopic (exact) mass is 384 g/mol. The number of rotatable bonds is 7. The third-order valence-corrected chi connectivity index (χ3v) is 4.02. The van der Waals surface area contributed by atoms with Crippen LogP contribution in [0.5, 0.6) is 0 Å². The number of para-hydroxylation sites is 1. The zero-order chi connectivity index (χ0) is 20.1. The van der Waals surface area contributed by atoms with Gasteiger partial charge in [0.1, 0.15) is 0 Å². The first kappa shape index (κ1) is 19.2. The van der Waals surface area contributed by atoms with E-state index < -0.39 is 17.2 Å². The van der Waals surface area contributed by atoms with Crippen LogP contribution < -0.4 is 16.6 Å². The number of benzene rings is 1. The van der Waals surface area contributed by atoms with E-state index in [0.29, 0.717) is 12.2 Å². The molecule has 0 saturated heterocycles.